The first-order chi connectivity index (χ1) is 9.56. The van der Waals surface area contributed by atoms with Crippen LogP contribution in [0.3, 0.4) is 0 Å². The maximum atomic E-state index is 12.5. The third-order valence-electron chi connectivity index (χ3n) is 2.88. The van der Waals surface area contributed by atoms with Crippen molar-refractivity contribution in [1.29, 1.82) is 0 Å². The number of rotatable bonds is 8. The van der Waals surface area contributed by atoms with E-state index in [4.69, 9.17) is 4.74 Å². The lowest BCUT2D eigenvalue weighted by atomic mass is 10.2. The molecule has 0 unspecified atom stereocenters. The highest BCUT2D eigenvalue weighted by Crippen LogP contribution is 2.15. The molecule has 20 heavy (non-hydrogen) atoms. The summed E-state index contributed by atoms with van der Waals surface area (Å²) in [7, 11) is 5.69. The normalized spacial score (nSPS) is 10.8. The Bertz CT molecular complexity index is 427. The summed E-state index contributed by atoms with van der Waals surface area (Å²) in [6.07, 6.45) is 2.59. The van der Waals surface area contributed by atoms with E-state index in [0.29, 0.717) is 29.9 Å². The molecule has 0 atom stereocenters. The van der Waals surface area contributed by atoms with Gasteiger partial charge >= 0.3 is 0 Å². The Balaban J connectivity index is 2.71. The van der Waals surface area contributed by atoms with Gasteiger partial charge in [0.15, 0.2) is 0 Å². The molecule has 0 aliphatic rings. The third-order valence-corrected chi connectivity index (χ3v) is 3.51. The lowest BCUT2D eigenvalue weighted by molar-refractivity contribution is 0.0688. The monoisotopic (exact) mass is 343 g/mol. The lowest BCUT2D eigenvalue weighted by Crippen LogP contribution is -2.36. The van der Waals surface area contributed by atoms with E-state index in [1.54, 1.807) is 25.4 Å². The molecule has 1 aromatic rings. The third kappa shape index (κ3) is 5.56. The Morgan fingerprint density at radius 1 is 1.35 bits per heavy atom. The van der Waals surface area contributed by atoms with Crippen molar-refractivity contribution in [2.75, 3.05) is 47.4 Å². The van der Waals surface area contributed by atoms with Gasteiger partial charge in [0.05, 0.1) is 12.2 Å². The summed E-state index contributed by atoms with van der Waals surface area (Å²) in [5.41, 5.74) is 0.591. The van der Waals surface area contributed by atoms with Crippen LogP contribution in [0.4, 0.5) is 0 Å². The van der Waals surface area contributed by atoms with Crippen LogP contribution >= 0.6 is 15.9 Å². The average Bonchev–Trinajstić information content (AvgIpc) is 2.42. The van der Waals surface area contributed by atoms with Crippen LogP contribution in [0.25, 0.3) is 0 Å². The fourth-order valence-electron chi connectivity index (χ4n) is 1.81. The van der Waals surface area contributed by atoms with E-state index in [-0.39, 0.29) is 5.91 Å². The van der Waals surface area contributed by atoms with Gasteiger partial charge in [0, 0.05) is 26.4 Å². The van der Waals surface area contributed by atoms with Gasteiger partial charge in [-0.2, -0.15) is 0 Å². The van der Waals surface area contributed by atoms with Crippen molar-refractivity contribution >= 4 is 21.8 Å². The average molecular weight is 344 g/mol. The van der Waals surface area contributed by atoms with Crippen LogP contribution in [0.15, 0.2) is 22.9 Å². The topological polar surface area (TPSA) is 45.7 Å². The largest absolute Gasteiger partial charge is 0.383 e. The van der Waals surface area contributed by atoms with Gasteiger partial charge in [0.1, 0.15) is 4.60 Å². The molecule has 0 aliphatic carbocycles. The maximum Gasteiger partial charge on any atom is 0.256 e. The van der Waals surface area contributed by atoms with E-state index in [0.717, 1.165) is 13.0 Å². The number of pyridine rings is 1. The summed E-state index contributed by atoms with van der Waals surface area (Å²) in [5, 5.41) is 0. The molecular formula is C14H22BrN3O2. The standard InChI is InChI=1S/C14H22BrN3O2/c1-17(2)8-5-9-18(10-11-20-3)14(19)12-6-4-7-16-13(12)15/h4,6-7H,5,8-11H2,1-3H3. The molecule has 1 amide bonds. The first-order valence-corrected chi connectivity index (χ1v) is 7.39. The van der Waals surface area contributed by atoms with Crippen LogP contribution in [0.5, 0.6) is 0 Å². The molecule has 0 N–H and O–H groups in total. The van der Waals surface area contributed by atoms with Gasteiger partial charge in [-0.05, 0) is 55.1 Å². The molecule has 0 aliphatic heterocycles. The highest BCUT2D eigenvalue weighted by atomic mass is 79.9. The zero-order valence-electron chi connectivity index (χ0n) is 12.3. The predicted molar refractivity (Wildman–Crippen MR) is 82.9 cm³/mol. The second-order valence-corrected chi connectivity index (χ2v) is 5.53. The second kappa shape index (κ2) is 9.05. The predicted octanol–water partition coefficient (Wildman–Crippen LogP) is 1.88. The Hall–Kier alpha value is -0.980. The van der Waals surface area contributed by atoms with Crippen LogP contribution in [0.1, 0.15) is 16.8 Å². The number of hydrogen-bond acceptors (Lipinski definition) is 4. The minimum absolute atomic E-state index is 0.0132. The quantitative estimate of drug-likeness (QED) is 0.676. The minimum Gasteiger partial charge on any atom is -0.383 e. The van der Waals surface area contributed by atoms with Gasteiger partial charge in [-0.1, -0.05) is 0 Å². The molecule has 0 aromatic carbocycles. The van der Waals surface area contributed by atoms with E-state index in [1.165, 1.54) is 0 Å². The van der Waals surface area contributed by atoms with Gasteiger partial charge < -0.3 is 14.5 Å². The molecule has 1 aromatic heterocycles. The van der Waals surface area contributed by atoms with Crippen LogP contribution in [0, 0.1) is 0 Å². The van der Waals surface area contributed by atoms with Gasteiger partial charge in [-0.15, -0.1) is 0 Å². The Labute approximate surface area is 129 Å². The number of hydrogen-bond donors (Lipinski definition) is 0. The summed E-state index contributed by atoms with van der Waals surface area (Å²) in [6, 6.07) is 3.55. The van der Waals surface area contributed by atoms with Crippen molar-refractivity contribution in [2.24, 2.45) is 0 Å². The molecule has 0 saturated heterocycles. The molecule has 1 rings (SSSR count). The number of halogens is 1. The Morgan fingerprint density at radius 2 is 2.10 bits per heavy atom. The van der Waals surface area contributed by atoms with Crippen molar-refractivity contribution in [1.82, 2.24) is 14.8 Å². The van der Waals surface area contributed by atoms with Crippen molar-refractivity contribution in [3.8, 4) is 0 Å². The summed E-state index contributed by atoms with van der Waals surface area (Å²) in [4.78, 5) is 20.6. The summed E-state index contributed by atoms with van der Waals surface area (Å²) in [6.45, 7) is 2.78. The maximum absolute atomic E-state index is 12.5. The van der Waals surface area contributed by atoms with Crippen molar-refractivity contribution in [3.05, 3.63) is 28.5 Å². The second-order valence-electron chi connectivity index (χ2n) is 4.78. The van der Waals surface area contributed by atoms with Crippen LogP contribution < -0.4 is 0 Å². The lowest BCUT2D eigenvalue weighted by Gasteiger charge is -2.23. The highest BCUT2D eigenvalue weighted by Gasteiger charge is 2.18. The Kier molecular flexibility index (Phi) is 7.72. The number of ether oxygens (including phenoxy) is 1. The minimum atomic E-state index is -0.0132. The molecule has 1 heterocycles. The van der Waals surface area contributed by atoms with Gasteiger partial charge in [0.2, 0.25) is 0 Å². The first-order valence-electron chi connectivity index (χ1n) is 6.59. The van der Waals surface area contributed by atoms with Gasteiger partial charge in [0.25, 0.3) is 5.91 Å². The Morgan fingerprint density at radius 3 is 2.70 bits per heavy atom. The molecule has 0 fully saturated rings. The number of methoxy groups -OCH3 is 1. The van der Waals surface area contributed by atoms with Crippen molar-refractivity contribution in [2.45, 2.75) is 6.42 Å². The van der Waals surface area contributed by atoms with E-state index in [2.05, 4.69) is 25.8 Å². The van der Waals surface area contributed by atoms with E-state index >= 15 is 0 Å². The van der Waals surface area contributed by atoms with E-state index in [1.807, 2.05) is 19.0 Å². The van der Waals surface area contributed by atoms with Gasteiger partial charge in [-0.25, -0.2) is 4.98 Å². The highest BCUT2D eigenvalue weighted by molar-refractivity contribution is 9.10. The summed E-state index contributed by atoms with van der Waals surface area (Å²) in [5.74, 6) is -0.0132. The van der Waals surface area contributed by atoms with Crippen LogP contribution in [0.2, 0.25) is 0 Å². The molecule has 5 nitrogen and oxygen atoms in total. The van der Waals surface area contributed by atoms with Crippen molar-refractivity contribution < 1.29 is 9.53 Å². The summed E-state index contributed by atoms with van der Waals surface area (Å²) >= 11 is 3.33. The molecule has 6 heteroatoms. The SMILES string of the molecule is COCCN(CCCN(C)C)C(=O)c1cccnc1Br. The molecule has 0 spiro atoms. The smallest absolute Gasteiger partial charge is 0.256 e. The van der Waals surface area contributed by atoms with Crippen molar-refractivity contribution in [3.63, 3.8) is 0 Å². The zero-order valence-corrected chi connectivity index (χ0v) is 13.9. The fourth-order valence-corrected chi connectivity index (χ4v) is 2.23. The number of carbonyl (C=O) groups is 1. The molecule has 0 saturated carbocycles. The molecule has 112 valence electrons. The number of nitrogens with zero attached hydrogens (tertiary/aromatic N) is 3. The molecular weight excluding hydrogens is 322 g/mol. The number of amides is 1. The molecule has 0 bridgehead atoms. The first kappa shape index (κ1) is 17.1. The number of carbonyl (C=O) groups excluding carboxylic acids is 1. The van der Waals surface area contributed by atoms with E-state index < -0.39 is 0 Å². The van der Waals surface area contributed by atoms with Crippen LogP contribution in [-0.4, -0.2) is 68.1 Å². The summed E-state index contributed by atoms with van der Waals surface area (Å²) < 4.78 is 5.67. The van der Waals surface area contributed by atoms with E-state index in [9.17, 15) is 4.79 Å². The fraction of sp³-hybridized carbons (Fsp3) is 0.571. The number of aromatic nitrogens is 1. The molecule has 0 radical (unpaired) electrons. The zero-order chi connectivity index (χ0) is 15.0. The van der Waals surface area contributed by atoms with Gasteiger partial charge in [-0.3, -0.25) is 4.79 Å². The van der Waals surface area contributed by atoms with Crippen LogP contribution in [-0.2, 0) is 4.74 Å².